The molecule has 0 aliphatic rings. The molecular weight excluding hydrogens is 222 g/mol. The van der Waals surface area contributed by atoms with Crippen molar-refractivity contribution in [3.05, 3.63) is 35.4 Å². The first-order chi connectivity index (χ1) is 7.30. The normalized spacial score (nSPS) is 11.9. The summed E-state index contributed by atoms with van der Waals surface area (Å²) in [6, 6.07) is 8.84. The first kappa shape index (κ1) is 15.4. The fraction of sp³-hybridized carbons (Fsp3) is 0.538. The van der Waals surface area contributed by atoms with E-state index in [0.717, 1.165) is 19.4 Å². The quantitative estimate of drug-likeness (QED) is 0.805. The minimum atomic E-state index is 0. The fourth-order valence-corrected chi connectivity index (χ4v) is 1.49. The van der Waals surface area contributed by atoms with Crippen molar-refractivity contribution in [1.29, 1.82) is 0 Å². The molecule has 0 aliphatic heterocycles. The van der Waals surface area contributed by atoms with Gasteiger partial charge in [-0.3, -0.25) is 0 Å². The van der Waals surface area contributed by atoms with Gasteiger partial charge in [-0.25, -0.2) is 0 Å². The molecule has 1 atom stereocenters. The van der Waals surface area contributed by atoms with Gasteiger partial charge in [-0.15, -0.1) is 12.4 Å². The van der Waals surface area contributed by atoms with Crippen LogP contribution in [0.15, 0.2) is 24.3 Å². The number of aryl methyl sites for hydroxylation is 1. The Kier molecular flexibility index (Phi) is 8.26. The summed E-state index contributed by atoms with van der Waals surface area (Å²) in [6.07, 6.45) is 2.05. The molecule has 0 aromatic heterocycles. The minimum absolute atomic E-state index is 0. The van der Waals surface area contributed by atoms with Crippen LogP contribution in [0.1, 0.15) is 31.4 Å². The summed E-state index contributed by atoms with van der Waals surface area (Å²) in [5.41, 5.74) is 2.65. The van der Waals surface area contributed by atoms with Crippen LogP contribution in [-0.4, -0.2) is 17.8 Å². The van der Waals surface area contributed by atoms with Gasteiger partial charge in [0.05, 0.1) is 6.61 Å². The number of nitrogens with one attached hydrogen (secondary N) is 1. The molecule has 0 heterocycles. The summed E-state index contributed by atoms with van der Waals surface area (Å²) >= 11 is 0. The molecule has 0 amide bonds. The zero-order chi connectivity index (χ0) is 11.1. The predicted molar refractivity (Wildman–Crippen MR) is 71.1 cm³/mol. The van der Waals surface area contributed by atoms with Gasteiger partial charge in [-0.1, -0.05) is 38.1 Å². The van der Waals surface area contributed by atoms with E-state index in [2.05, 4.69) is 43.4 Å². The van der Waals surface area contributed by atoms with Gasteiger partial charge in [0.2, 0.25) is 0 Å². The van der Waals surface area contributed by atoms with Crippen molar-refractivity contribution in [3.8, 4) is 0 Å². The van der Waals surface area contributed by atoms with Gasteiger partial charge in [-0.05, 0) is 24.0 Å². The molecule has 0 aliphatic carbocycles. The number of hydrogen-bond acceptors (Lipinski definition) is 2. The lowest BCUT2D eigenvalue weighted by Gasteiger charge is -2.13. The lowest BCUT2D eigenvalue weighted by molar-refractivity contribution is 0.238. The van der Waals surface area contributed by atoms with Gasteiger partial charge in [-0.2, -0.15) is 0 Å². The number of rotatable bonds is 6. The van der Waals surface area contributed by atoms with E-state index in [1.54, 1.807) is 0 Å². The molecule has 0 bridgehead atoms. The molecule has 1 aromatic rings. The Balaban J connectivity index is 0.00000225. The number of hydrogen-bond donors (Lipinski definition) is 2. The third-order valence-electron chi connectivity index (χ3n) is 2.74. The Morgan fingerprint density at radius 2 is 1.69 bits per heavy atom. The van der Waals surface area contributed by atoms with Crippen LogP contribution in [0.3, 0.4) is 0 Å². The van der Waals surface area contributed by atoms with E-state index in [-0.39, 0.29) is 25.1 Å². The Bertz CT molecular complexity index is 270. The summed E-state index contributed by atoms with van der Waals surface area (Å²) in [5, 5.41) is 12.3. The maximum Gasteiger partial charge on any atom is 0.0584 e. The molecule has 0 saturated carbocycles. The highest BCUT2D eigenvalue weighted by Gasteiger charge is 2.02. The molecule has 1 unspecified atom stereocenters. The molecule has 1 rings (SSSR count). The van der Waals surface area contributed by atoms with Gasteiger partial charge < -0.3 is 10.4 Å². The van der Waals surface area contributed by atoms with Crippen LogP contribution in [-0.2, 0) is 13.0 Å². The maximum atomic E-state index is 9.02. The molecule has 0 saturated heterocycles. The van der Waals surface area contributed by atoms with Crippen molar-refractivity contribution in [2.45, 2.75) is 39.3 Å². The van der Waals surface area contributed by atoms with E-state index >= 15 is 0 Å². The minimum Gasteiger partial charge on any atom is -0.395 e. The van der Waals surface area contributed by atoms with Gasteiger partial charge in [0, 0.05) is 12.6 Å². The van der Waals surface area contributed by atoms with E-state index < -0.39 is 0 Å². The standard InChI is InChI=1S/C13H21NO.ClH/c1-3-11-5-7-12(8-6-11)9-14-13(4-2)10-15;/h5-8,13-15H,3-4,9-10H2,1-2H3;1H. The van der Waals surface area contributed by atoms with E-state index in [1.807, 2.05) is 0 Å². The Hall–Kier alpha value is -0.570. The third kappa shape index (κ3) is 4.97. The summed E-state index contributed by atoms with van der Waals surface area (Å²) in [4.78, 5) is 0. The van der Waals surface area contributed by atoms with Crippen LogP contribution >= 0.6 is 12.4 Å². The summed E-state index contributed by atoms with van der Waals surface area (Å²) in [7, 11) is 0. The molecule has 3 heteroatoms. The zero-order valence-corrected chi connectivity index (χ0v) is 10.9. The highest BCUT2D eigenvalue weighted by Crippen LogP contribution is 2.05. The van der Waals surface area contributed by atoms with Crippen LogP contribution in [0.2, 0.25) is 0 Å². The molecule has 2 nitrogen and oxygen atoms in total. The van der Waals surface area contributed by atoms with Crippen LogP contribution in [0.25, 0.3) is 0 Å². The molecule has 0 spiro atoms. The van der Waals surface area contributed by atoms with Gasteiger partial charge in [0.1, 0.15) is 0 Å². The van der Waals surface area contributed by atoms with Crippen molar-refractivity contribution < 1.29 is 5.11 Å². The van der Waals surface area contributed by atoms with Gasteiger partial charge >= 0.3 is 0 Å². The Morgan fingerprint density at radius 3 is 2.12 bits per heavy atom. The van der Waals surface area contributed by atoms with E-state index in [4.69, 9.17) is 5.11 Å². The molecule has 2 N–H and O–H groups in total. The van der Waals surface area contributed by atoms with Crippen molar-refractivity contribution >= 4 is 12.4 Å². The maximum absolute atomic E-state index is 9.02. The highest BCUT2D eigenvalue weighted by molar-refractivity contribution is 5.85. The van der Waals surface area contributed by atoms with Crippen molar-refractivity contribution in [2.75, 3.05) is 6.61 Å². The smallest absolute Gasteiger partial charge is 0.0584 e. The summed E-state index contributed by atoms with van der Waals surface area (Å²) < 4.78 is 0. The second kappa shape index (κ2) is 8.57. The van der Waals surface area contributed by atoms with Gasteiger partial charge in [0.25, 0.3) is 0 Å². The Labute approximate surface area is 104 Å². The van der Waals surface area contributed by atoms with Gasteiger partial charge in [0.15, 0.2) is 0 Å². The van der Waals surface area contributed by atoms with E-state index in [9.17, 15) is 0 Å². The number of aliphatic hydroxyl groups excluding tert-OH is 1. The SMILES string of the molecule is CCc1ccc(CNC(CC)CO)cc1.Cl. The lowest BCUT2D eigenvalue weighted by Crippen LogP contribution is -2.31. The first-order valence-electron chi connectivity index (χ1n) is 5.72. The number of halogens is 1. The molecule has 1 aromatic carbocycles. The van der Waals surface area contributed by atoms with Crippen LogP contribution in [0.5, 0.6) is 0 Å². The van der Waals surface area contributed by atoms with Crippen molar-refractivity contribution in [1.82, 2.24) is 5.32 Å². The van der Waals surface area contributed by atoms with Crippen molar-refractivity contribution in [3.63, 3.8) is 0 Å². The fourth-order valence-electron chi connectivity index (χ4n) is 1.49. The van der Waals surface area contributed by atoms with E-state index in [0.29, 0.717) is 0 Å². The van der Waals surface area contributed by atoms with Crippen molar-refractivity contribution in [2.24, 2.45) is 0 Å². The monoisotopic (exact) mass is 243 g/mol. The largest absolute Gasteiger partial charge is 0.395 e. The van der Waals surface area contributed by atoms with Crippen LogP contribution in [0.4, 0.5) is 0 Å². The van der Waals surface area contributed by atoms with E-state index in [1.165, 1.54) is 11.1 Å². The topological polar surface area (TPSA) is 32.3 Å². The van der Waals surface area contributed by atoms with Crippen LogP contribution in [0, 0.1) is 0 Å². The molecule has 16 heavy (non-hydrogen) atoms. The molecule has 0 fully saturated rings. The highest BCUT2D eigenvalue weighted by atomic mass is 35.5. The molecule has 0 radical (unpaired) electrons. The predicted octanol–water partition coefficient (Wildman–Crippen LogP) is 2.53. The molecular formula is C13H22ClNO. The zero-order valence-electron chi connectivity index (χ0n) is 10.1. The summed E-state index contributed by atoms with van der Waals surface area (Å²) in [6.45, 7) is 5.28. The van der Waals surface area contributed by atoms with Crippen LogP contribution < -0.4 is 5.32 Å². The second-order valence-corrected chi connectivity index (χ2v) is 3.84. The molecule has 92 valence electrons. The summed E-state index contributed by atoms with van der Waals surface area (Å²) in [5.74, 6) is 0. The average Bonchev–Trinajstić information content (AvgIpc) is 2.31. The average molecular weight is 244 g/mol. The number of aliphatic hydroxyl groups is 1. The number of benzene rings is 1. The lowest BCUT2D eigenvalue weighted by atomic mass is 10.1. The first-order valence-corrected chi connectivity index (χ1v) is 5.72. The Morgan fingerprint density at radius 1 is 1.12 bits per heavy atom. The third-order valence-corrected chi connectivity index (χ3v) is 2.74. The second-order valence-electron chi connectivity index (χ2n) is 3.84.